The molecule has 1 aromatic carbocycles. The summed E-state index contributed by atoms with van der Waals surface area (Å²) in [5, 5.41) is 0. The van der Waals surface area contributed by atoms with Gasteiger partial charge in [0.1, 0.15) is 6.29 Å². The van der Waals surface area contributed by atoms with E-state index in [0.29, 0.717) is 0 Å². The van der Waals surface area contributed by atoms with Crippen LogP contribution in [0.1, 0.15) is 23.5 Å². The van der Waals surface area contributed by atoms with Gasteiger partial charge in [0.15, 0.2) is 0 Å². The van der Waals surface area contributed by atoms with E-state index in [2.05, 4.69) is 18.3 Å². The number of rotatable bonds is 2. The highest BCUT2D eigenvalue weighted by atomic mass is 16.1. The fourth-order valence-electron chi connectivity index (χ4n) is 2.34. The lowest BCUT2D eigenvalue weighted by Crippen LogP contribution is -2.16. The maximum absolute atomic E-state index is 11.3. The van der Waals surface area contributed by atoms with Gasteiger partial charge in [0.2, 0.25) is 0 Å². The summed E-state index contributed by atoms with van der Waals surface area (Å²) in [5.74, 6) is -0.0488. The number of benzene rings is 1. The highest BCUT2D eigenvalue weighted by Gasteiger charge is 2.23. The fourth-order valence-corrected chi connectivity index (χ4v) is 2.34. The second-order valence-electron chi connectivity index (χ2n) is 4.48. The predicted molar refractivity (Wildman–Crippen MR) is 65.3 cm³/mol. The summed E-state index contributed by atoms with van der Waals surface area (Å²) >= 11 is 0. The van der Waals surface area contributed by atoms with Crippen LogP contribution in [-0.2, 0) is 11.2 Å². The maximum atomic E-state index is 11.3. The summed E-state index contributed by atoms with van der Waals surface area (Å²) in [7, 11) is 3.99. The third-order valence-corrected chi connectivity index (χ3v) is 3.03. The number of aryl methyl sites for hydroxylation is 1. The Balaban J connectivity index is 2.41. The van der Waals surface area contributed by atoms with Crippen LogP contribution in [0.5, 0.6) is 0 Å². The highest BCUT2D eigenvalue weighted by molar-refractivity contribution is 5.69. The molecule has 1 atom stereocenters. The monoisotopic (exact) mass is 215 g/mol. The largest absolute Gasteiger partial charge is 0.383 e. The van der Waals surface area contributed by atoms with E-state index in [1.807, 2.05) is 31.1 Å². The Morgan fingerprint density at radius 1 is 1.25 bits per heavy atom. The molecule has 0 fully saturated rings. The van der Waals surface area contributed by atoms with Crippen molar-refractivity contribution in [3.05, 3.63) is 47.2 Å². The first-order chi connectivity index (χ1) is 7.72. The van der Waals surface area contributed by atoms with Crippen molar-refractivity contribution >= 4 is 6.29 Å². The minimum absolute atomic E-state index is 0.0488. The lowest BCUT2D eigenvalue weighted by Gasteiger charge is -2.25. The molecule has 84 valence electrons. The first-order valence-corrected chi connectivity index (χ1v) is 5.62. The standard InChI is InChI=1S/C14H17NO/c1-15(2)9-12-8-7-11-5-3-4-6-13(11)14(12)10-16/h3-6,9-10,14H,7-8H2,1-2H3. The van der Waals surface area contributed by atoms with Crippen LogP contribution in [0.2, 0.25) is 0 Å². The van der Waals surface area contributed by atoms with Gasteiger partial charge in [0.05, 0.1) is 5.92 Å². The number of fused-ring (bicyclic) bond motifs is 1. The molecule has 0 bridgehead atoms. The highest BCUT2D eigenvalue weighted by Crippen LogP contribution is 2.34. The van der Waals surface area contributed by atoms with E-state index >= 15 is 0 Å². The molecule has 16 heavy (non-hydrogen) atoms. The van der Waals surface area contributed by atoms with Crippen LogP contribution in [0.15, 0.2) is 36.0 Å². The van der Waals surface area contributed by atoms with Crippen LogP contribution < -0.4 is 0 Å². The molecule has 0 amide bonds. The third-order valence-electron chi connectivity index (χ3n) is 3.03. The zero-order chi connectivity index (χ0) is 11.5. The van der Waals surface area contributed by atoms with Crippen molar-refractivity contribution in [3.63, 3.8) is 0 Å². The molecule has 2 nitrogen and oxygen atoms in total. The molecular formula is C14H17NO. The van der Waals surface area contributed by atoms with Gasteiger partial charge in [0, 0.05) is 14.1 Å². The summed E-state index contributed by atoms with van der Waals surface area (Å²) in [6.45, 7) is 0. The molecule has 0 saturated carbocycles. The van der Waals surface area contributed by atoms with Crippen LogP contribution in [0.25, 0.3) is 0 Å². The van der Waals surface area contributed by atoms with E-state index in [9.17, 15) is 4.79 Å². The van der Waals surface area contributed by atoms with Crippen molar-refractivity contribution < 1.29 is 4.79 Å². The number of hydrogen-bond donors (Lipinski definition) is 0. The summed E-state index contributed by atoms with van der Waals surface area (Å²) in [4.78, 5) is 13.3. The van der Waals surface area contributed by atoms with Crippen LogP contribution >= 0.6 is 0 Å². The zero-order valence-electron chi connectivity index (χ0n) is 9.81. The van der Waals surface area contributed by atoms with Gasteiger partial charge in [-0.2, -0.15) is 0 Å². The van der Waals surface area contributed by atoms with Gasteiger partial charge in [-0.1, -0.05) is 24.3 Å². The zero-order valence-corrected chi connectivity index (χ0v) is 9.81. The average Bonchev–Trinajstić information content (AvgIpc) is 2.28. The van der Waals surface area contributed by atoms with Gasteiger partial charge in [-0.3, -0.25) is 0 Å². The van der Waals surface area contributed by atoms with E-state index in [-0.39, 0.29) is 5.92 Å². The molecule has 0 N–H and O–H groups in total. The van der Waals surface area contributed by atoms with Crippen molar-refractivity contribution in [2.24, 2.45) is 0 Å². The van der Waals surface area contributed by atoms with Gasteiger partial charge in [-0.05, 0) is 35.7 Å². The SMILES string of the molecule is CN(C)C=C1CCc2ccccc2C1C=O. The minimum atomic E-state index is -0.0488. The summed E-state index contributed by atoms with van der Waals surface area (Å²) in [6, 6.07) is 8.24. The number of carbonyl (C=O) groups excluding carboxylic acids is 1. The quantitative estimate of drug-likeness (QED) is 0.706. The van der Waals surface area contributed by atoms with Gasteiger partial charge >= 0.3 is 0 Å². The van der Waals surface area contributed by atoms with E-state index in [1.165, 1.54) is 16.7 Å². The maximum Gasteiger partial charge on any atom is 0.131 e. The Labute approximate surface area is 96.6 Å². The molecule has 0 saturated heterocycles. The average molecular weight is 215 g/mol. The Bertz CT molecular complexity index is 420. The predicted octanol–water partition coefficient (Wildman–Crippen LogP) is 2.36. The molecule has 1 aromatic rings. The molecule has 0 aliphatic heterocycles. The van der Waals surface area contributed by atoms with Crippen molar-refractivity contribution in [3.8, 4) is 0 Å². The van der Waals surface area contributed by atoms with Gasteiger partial charge in [-0.25, -0.2) is 0 Å². The van der Waals surface area contributed by atoms with Crippen LogP contribution in [0.4, 0.5) is 0 Å². The molecule has 2 rings (SSSR count). The summed E-state index contributed by atoms with van der Waals surface area (Å²) < 4.78 is 0. The summed E-state index contributed by atoms with van der Waals surface area (Å²) in [5.41, 5.74) is 3.71. The second-order valence-corrected chi connectivity index (χ2v) is 4.48. The van der Waals surface area contributed by atoms with Gasteiger partial charge < -0.3 is 9.69 Å². The first-order valence-electron chi connectivity index (χ1n) is 5.62. The van der Waals surface area contributed by atoms with Gasteiger partial charge in [-0.15, -0.1) is 0 Å². The minimum Gasteiger partial charge on any atom is -0.383 e. The van der Waals surface area contributed by atoms with E-state index < -0.39 is 0 Å². The van der Waals surface area contributed by atoms with Crippen molar-refractivity contribution in [1.29, 1.82) is 0 Å². The Morgan fingerprint density at radius 2 is 2.00 bits per heavy atom. The van der Waals surface area contributed by atoms with E-state index in [0.717, 1.165) is 19.1 Å². The number of aldehydes is 1. The first kappa shape index (κ1) is 10.9. The fraction of sp³-hybridized carbons (Fsp3) is 0.357. The van der Waals surface area contributed by atoms with E-state index in [1.54, 1.807) is 0 Å². The number of nitrogens with zero attached hydrogens (tertiary/aromatic N) is 1. The van der Waals surface area contributed by atoms with Crippen LogP contribution in [0, 0.1) is 0 Å². The normalized spacial score (nSPS) is 21.6. The summed E-state index contributed by atoms with van der Waals surface area (Å²) in [6.07, 6.45) is 5.17. The molecule has 0 radical (unpaired) electrons. The van der Waals surface area contributed by atoms with Crippen molar-refractivity contribution in [1.82, 2.24) is 4.90 Å². The topological polar surface area (TPSA) is 20.3 Å². The van der Waals surface area contributed by atoms with Gasteiger partial charge in [0.25, 0.3) is 0 Å². The second kappa shape index (κ2) is 4.52. The molecule has 1 aliphatic rings. The Morgan fingerprint density at radius 3 is 2.69 bits per heavy atom. The molecule has 1 aliphatic carbocycles. The van der Waals surface area contributed by atoms with Crippen molar-refractivity contribution in [2.75, 3.05) is 14.1 Å². The van der Waals surface area contributed by atoms with E-state index in [4.69, 9.17) is 0 Å². The molecular weight excluding hydrogens is 198 g/mol. The lowest BCUT2D eigenvalue weighted by atomic mass is 9.80. The Hall–Kier alpha value is -1.57. The Kier molecular flexibility index (Phi) is 3.09. The number of allylic oxidation sites excluding steroid dienone is 1. The lowest BCUT2D eigenvalue weighted by molar-refractivity contribution is -0.108. The molecule has 1 unspecified atom stereocenters. The molecule has 0 spiro atoms. The molecule has 2 heteroatoms. The third kappa shape index (κ3) is 2.01. The van der Waals surface area contributed by atoms with Crippen molar-refractivity contribution in [2.45, 2.75) is 18.8 Å². The number of hydrogen-bond acceptors (Lipinski definition) is 2. The smallest absolute Gasteiger partial charge is 0.131 e. The van der Waals surface area contributed by atoms with Crippen LogP contribution in [0.3, 0.4) is 0 Å². The molecule has 0 aromatic heterocycles. The molecule has 0 heterocycles. The van der Waals surface area contributed by atoms with Crippen LogP contribution in [-0.4, -0.2) is 25.3 Å². The number of carbonyl (C=O) groups is 1.